The molecule has 0 atom stereocenters. The van der Waals surface area contributed by atoms with E-state index in [0.717, 1.165) is 0 Å². The Morgan fingerprint density at radius 1 is 1.62 bits per heavy atom. The van der Waals surface area contributed by atoms with Crippen molar-refractivity contribution in [3.63, 3.8) is 0 Å². The van der Waals surface area contributed by atoms with Crippen molar-refractivity contribution in [3.8, 4) is 0 Å². The van der Waals surface area contributed by atoms with Gasteiger partial charge in [0, 0.05) is 11.3 Å². The molecule has 0 unspecified atom stereocenters. The van der Waals surface area contributed by atoms with Gasteiger partial charge in [-0.05, 0) is 11.5 Å². The highest BCUT2D eigenvalue weighted by Crippen LogP contribution is 2.23. The van der Waals surface area contributed by atoms with Crippen LogP contribution in [0.5, 0.6) is 0 Å². The van der Waals surface area contributed by atoms with Crippen molar-refractivity contribution in [1.82, 2.24) is 0 Å². The first kappa shape index (κ1) is 5.82. The standard InChI is InChI=1S/C5H4F2S/c6-5(7)4-1-2-8-3-4/h1-2H,3H2. The minimum Gasteiger partial charge on any atom is -0.173 e. The topological polar surface area (TPSA) is 0 Å². The highest BCUT2D eigenvalue weighted by Gasteiger charge is 2.05. The molecule has 0 aromatic rings. The minimum atomic E-state index is -1.55. The Bertz CT molecular complexity index is 145. The molecular formula is C5H4F2S. The highest BCUT2D eigenvalue weighted by atomic mass is 32.2. The summed E-state index contributed by atoms with van der Waals surface area (Å²) in [5, 5.41) is 1.68. The van der Waals surface area contributed by atoms with Crippen molar-refractivity contribution >= 4 is 11.8 Å². The minimum absolute atomic E-state index is 0.162. The number of hydrogen-bond donors (Lipinski definition) is 0. The van der Waals surface area contributed by atoms with Crippen LogP contribution in [0.2, 0.25) is 0 Å². The van der Waals surface area contributed by atoms with Gasteiger partial charge in [-0.25, -0.2) is 0 Å². The highest BCUT2D eigenvalue weighted by molar-refractivity contribution is 8.02. The molecule has 0 saturated heterocycles. The Labute approximate surface area is 50.3 Å². The van der Waals surface area contributed by atoms with Crippen molar-refractivity contribution in [2.75, 3.05) is 5.75 Å². The molecule has 44 valence electrons. The lowest BCUT2D eigenvalue weighted by Crippen LogP contribution is -1.75. The molecule has 0 saturated carbocycles. The summed E-state index contributed by atoms with van der Waals surface area (Å²) in [6, 6.07) is 0. The van der Waals surface area contributed by atoms with Gasteiger partial charge in [-0.2, -0.15) is 8.78 Å². The molecule has 8 heavy (non-hydrogen) atoms. The zero-order valence-corrected chi connectivity index (χ0v) is 4.84. The third kappa shape index (κ3) is 1.10. The van der Waals surface area contributed by atoms with Gasteiger partial charge in [0.25, 0.3) is 6.08 Å². The molecule has 0 radical (unpaired) electrons. The predicted octanol–water partition coefficient (Wildman–Crippen LogP) is 2.40. The Balaban J connectivity index is 2.73. The molecular weight excluding hydrogens is 130 g/mol. The van der Waals surface area contributed by atoms with Gasteiger partial charge >= 0.3 is 0 Å². The molecule has 0 N–H and O–H groups in total. The summed E-state index contributed by atoms with van der Waals surface area (Å²) < 4.78 is 23.1. The van der Waals surface area contributed by atoms with Crippen molar-refractivity contribution in [1.29, 1.82) is 0 Å². The number of thioether (sulfide) groups is 1. The monoisotopic (exact) mass is 134 g/mol. The van der Waals surface area contributed by atoms with Crippen molar-refractivity contribution in [2.24, 2.45) is 0 Å². The lowest BCUT2D eigenvalue weighted by atomic mass is 10.3. The molecule has 3 heteroatoms. The molecule has 1 rings (SSSR count). The van der Waals surface area contributed by atoms with E-state index in [1.54, 1.807) is 5.41 Å². The molecule has 0 bridgehead atoms. The van der Waals surface area contributed by atoms with E-state index in [0.29, 0.717) is 5.75 Å². The lowest BCUT2D eigenvalue weighted by Gasteiger charge is -1.85. The van der Waals surface area contributed by atoms with Gasteiger partial charge in [0.05, 0.1) is 0 Å². The van der Waals surface area contributed by atoms with Crippen LogP contribution >= 0.6 is 11.8 Å². The molecule has 0 spiro atoms. The second kappa shape index (κ2) is 2.31. The summed E-state index contributed by atoms with van der Waals surface area (Å²) in [6.07, 6.45) is -0.105. The SMILES string of the molecule is FC(F)=C1C=CSC1. The molecule has 0 aliphatic carbocycles. The molecule has 1 aliphatic heterocycles. The third-order valence-corrected chi connectivity index (χ3v) is 1.65. The number of allylic oxidation sites excluding steroid dienone is 1. The molecule has 0 fully saturated rings. The summed E-state index contributed by atoms with van der Waals surface area (Å²) in [5.41, 5.74) is 0.162. The van der Waals surface area contributed by atoms with Crippen molar-refractivity contribution in [3.05, 3.63) is 23.1 Å². The Kier molecular flexibility index (Phi) is 1.68. The second-order valence-electron chi connectivity index (χ2n) is 1.40. The van der Waals surface area contributed by atoms with E-state index in [2.05, 4.69) is 0 Å². The van der Waals surface area contributed by atoms with E-state index in [1.807, 2.05) is 0 Å². The maximum absolute atomic E-state index is 11.6. The Morgan fingerprint density at radius 3 is 2.62 bits per heavy atom. The molecule has 1 aliphatic rings. The average Bonchev–Trinajstić information content (AvgIpc) is 2.12. The second-order valence-corrected chi connectivity index (χ2v) is 2.29. The summed E-state index contributed by atoms with van der Waals surface area (Å²) in [4.78, 5) is 0. The van der Waals surface area contributed by atoms with Crippen molar-refractivity contribution < 1.29 is 8.78 Å². The Hall–Kier alpha value is -0.310. The van der Waals surface area contributed by atoms with E-state index >= 15 is 0 Å². The smallest absolute Gasteiger partial charge is 0.173 e. The molecule has 1 heterocycles. The van der Waals surface area contributed by atoms with Gasteiger partial charge < -0.3 is 0 Å². The maximum atomic E-state index is 11.6. The molecule has 0 aromatic heterocycles. The number of rotatable bonds is 0. The summed E-state index contributed by atoms with van der Waals surface area (Å²) >= 11 is 1.39. The summed E-state index contributed by atoms with van der Waals surface area (Å²) in [6.45, 7) is 0. The predicted molar refractivity (Wildman–Crippen MR) is 30.8 cm³/mol. The van der Waals surface area contributed by atoms with Crippen LogP contribution in [0.25, 0.3) is 0 Å². The van der Waals surface area contributed by atoms with E-state index in [9.17, 15) is 8.78 Å². The molecule has 0 nitrogen and oxygen atoms in total. The van der Waals surface area contributed by atoms with E-state index in [1.165, 1.54) is 17.8 Å². The van der Waals surface area contributed by atoms with Gasteiger partial charge in [-0.1, -0.05) is 0 Å². The van der Waals surface area contributed by atoms with Gasteiger partial charge in [-0.15, -0.1) is 11.8 Å². The van der Waals surface area contributed by atoms with Gasteiger partial charge in [0.15, 0.2) is 0 Å². The van der Waals surface area contributed by atoms with Crippen LogP contribution in [0.3, 0.4) is 0 Å². The average molecular weight is 134 g/mol. The fourth-order valence-electron chi connectivity index (χ4n) is 0.434. The number of hydrogen-bond acceptors (Lipinski definition) is 1. The maximum Gasteiger partial charge on any atom is 0.274 e. The normalized spacial score (nSPS) is 17.5. The van der Waals surface area contributed by atoms with Crippen LogP contribution in [0.4, 0.5) is 8.78 Å². The van der Waals surface area contributed by atoms with Gasteiger partial charge in [0.2, 0.25) is 0 Å². The largest absolute Gasteiger partial charge is 0.274 e. The fraction of sp³-hybridized carbons (Fsp3) is 0.200. The van der Waals surface area contributed by atoms with Gasteiger partial charge in [0.1, 0.15) is 0 Å². The lowest BCUT2D eigenvalue weighted by molar-refractivity contribution is 0.415. The zero-order valence-electron chi connectivity index (χ0n) is 4.03. The van der Waals surface area contributed by atoms with Crippen molar-refractivity contribution in [2.45, 2.75) is 0 Å². The first-order valence-corrected chi connectivity index (χ1v) is 3.18. The van der Waals surface area contributed by atoms with E-state index in [4.69, 9.17) is 0 Å². The van der Waals surface area contributed by atoms with Crippen LogP contribution in [-0.4, -0.2) is 5.75 Å². The summed E-state index contributed by atoms with van der Waals surface area (Å²) in [5.74, 6) is 0.433. The van der Waals surface area contributed by atoms with Crippen LogP contribution in [0, 0.1) is 0 Å². The first-order valence-electron chi connectivity index (χ1n) is 2.13. The number of halogens is 2. The zero-order chi connectivity index (χ0) is 5.98. The van der Waals surface area contributed by atoms with Crippen LogP contribution in [0.15, 0.2) is 23.1 Å². The van der Waals surface area contributed by atoms with E-state index in [-0.39, 0.29) is 5.57 Å². The third-order valence-electron chi connectivity index (χ3n) is 0.847. The molecule has 0 amide bonds. The summed E-state index contributed by atoms with van der Waals surface area (Å²) in [7, 11) is 0. The quantitative estimate of drug-likeness (QED) is 0.490. The fourth-order valence-corrected chi connectivity index (χ4v) is 1.18. The van der Waals surface area contributed by atoms with Gasteiger partial charge in [-0.3, -0.25) is 0 Å². The Morgan fingerprint density at radius 2 is 2.38 bits per heavy atom. The van der Waals surface area contributed by atoms with Crippen LogP contribution in [-0.2, 0) is 0 Å². The van der Waals surface area contributed by atoms with Crippen LogP contribution in [0.1, 0.15) is 0 Å². The first-order chi connectivity index (χ1) is 3.80. The van der Waals surface area contributed by atoms with E-state index < -0.39 is 6.08 Å². The molecule has 0 aromatic carbocycles. The van der Waals surface area contributed by atoms with Crippen LogP contribution < -0.4 is 0 Å².